The molecule has 0 saturated carbocycles. The number of ketones is 1. The quantitative estimate of drug-likeness (QED) is 0.784. The number of Topliss-reactive ketones (excluding diaryl/α,β-unsaturated/α-hetero) is 1. The van der Waals surface area contributed by atoms with Crippen LogP contribution < -0.4 is 4.90 Å². The second kappa shape index (κ2) is 4.38. The molecular formula is C12H8ClFN4O2. The third-order valence-electron chi connectivity index (χ3n) is 3.12. The van der Waals surface area contributed by atoms with Crippen LogP contribution in [0.2, 0.25) is 5.02 Å². The molecule has 0 N–H and O–H groups in total. The number of amides is 1. The molecule has 0 spiro atoms. The van der Waals surface area contributed by atoms with Crippen LogP contribution >= 0.6 is 11.6 Å². The first-order valence-electron chi connectivity index (χ1n) is 5.67. The number of nitrogens with zero attached hydrogens (tertiary/aromatic N) is 4. The standard InChI is InChI=1S/C12H8ClFN4O2/c1-17-5-15-16-8(17)4-18-10-7(14)3-2-6(13)9(10)11(19)12(18)20/h2-3,5H,4H2,1H3. The molecule has 0 radical (unpaired) electrons. The summed E-state index contributed by atoms with van der Waals surface area (Å²) in [5, 5.41) is 7.55. The summed E-state index contributed by atoms with van der Waals surface area (Å²) >= 11 is 5.88. The fraction of sp³-hybridized carbons (Fsp3) is 0.167. The van der Waals surface area contributed by atoms with E-state index in [4.69, 9.17) is 11.6 Å². The zero-order valence-corrected chi connectivity index (χ0v) is 11.1. The van der Waals surface area contributed by atoms with E-state index in [0.717, 1.165) is 11.0 Å². The first kappa shape index (κ1) is 12.7. The zero-order valence-electron chi connectivity index (χ0n) is 10.3. The van der Waals surface area contributed by atoms with Gasteiger partial charge in [-0.15, -0.1) is 10.2 Å². The van der Waals surface area contributed by atoms with Crippen LogP contribution in [-0.2, 0) is 18.4 Å². The molecule has 6 nitrogen and oxygen atoms in total. The number of halogens is 2. The van der Waals surface area contributed by atoms with Crippen molar-refractivity contribution in [2.45, 2.75) is 6.54 Å². The van der Waals surface area contributed by atoms with Crippen LogP contribution in [0.3, 0.4) is 0 Å². The van der Waals surface area contributed by atoms with Gasteiger partial charge < -0.3 is 4.57 Å². The Bertz CT molecular complexity index is 743. The summed E-state index contributed by atoms with van der Waals surface area (Å²) < 4.78 is 15.5. The van der Waals surface area contributed by atoms with Crippen LogP contribution in [-0.4, -0.2) is 26.5 Å². The van der Waals surface area contributed by atoms with Gasteiger partial charge in [-0.25, -0.2) is 4.39 Å². The predicted molar refractivity (Wildman–Crippen MR) is 67.9 cm³/mol. The minimum Gasteiger partial charge on any atom is -0.319 e. The van der Waals surface area contributed by atoms with Crippen molar-refractivity contribution >= 4 is 29.0 Å². The Morgan fingerprint density at radius 1 is 1.35 bits per heavy atom. The highest BCUT2D eigenvalue weighted by Crippen LogP contribution is 2.37. The summed E-state index contributed by atoms with van der Waals surface area (Å²) in [6.45, 7) is -0.0503. The Labute approximate surface area is 117 Å². The normalized spacial score (nSPS) is 14.1. The molecule has 0 unspecified atom stereocenters. The van der Waals surface area contributed by atoms with Crippen LogP contribution in [0, 0.1) is 5.82 Å². The minimum atomic E-state index is -0.824. The SMILES string of the molecule is Cn1cnnc1CN1C(=O)C(=O)c2c(Cl)ccc(F)c21. The highest BCUT2D eigenvalue weighted by molar-refractivity contribution is 6.55. The Kier molecular flexibility index (Phi) is 2.79. The van der Waals surface area contributed by atoms with E-state index in [1.165, 1.54) is 12.4 Å². The third-order valence-corrected chi connectivity index (χ3v) is 3.43. The van der Waals surface area contributed by atoms with Crippen LogP contribution in [0.4, 0.5) is 10.1 Å². The van der Waals surface area contributed by atoms with Gasteiger partial charge in [0.15, 0.2) is 5.82 Å². The molecule has 3 rings (SSSR count). The smallest absolute Gasteiger partial charge is 0.300 e. The lowest BCUT2D eigenvalue weighted by molar-refractivity contribution is -0.114. The number of fused-ring (bicyclic) bond motifs is 1. The predicted octanol–water partition coefficient (Wildman–Crippen LogP) is 1.34. The maximum absolute atomic E-state index is 13.9. The average molecular weight is 295 g/mol. The molecule has 0 saturated heterocycles. The largest absolute Gasteiger partial charge is 0.319 e. The molecule has 8 heteroatoms. The monoisotopic (exact) mass is 294 g/mol. The van der Waals surface area contributed by atoms with Gasteiger partial charge in [0.2, 0.25) is 0 Å². The summed E-state index contributed by atoms with van der Waals surface area (Å²) in [5.41, 5.74) is -0.200. The van der Waals surface area contributed by atoms with Gasteiger partial charge in [-0.1, -0.05) is 11.6 Å². The fourth-order valence-electron chi connectivity index (χ4n) is 2.09. The van der Waals surface area contributed by atoms with E-state index in [0.29, 0.717) is 5.82 Å². The van der Waals surface area contributed by atoms with Crippen molar-refractivity contribution in [3.8, 4) is 0 Å². The Hall–Kier alpha value is -2.28. The van der Waals surface area contributed by atoms with Gasteiger partial charge in [0.1, 0.15) is 12.1 Å². The van der Waals surface area contributed by atoms with E-state index < -0.39 is 17.5 Å². The number of benzene rings is 1. The van der Waals surface area contributed by atoms with Crippen molar-refractivity contribution in [2.24, 2.45) is 7.05 Å². The first-order chi connectivity index (χ1) is 9.50. The Morgan fingerprint density at radius 3 is 2.75 bits per heavy atom. The summed E-state index contributed by atoms with van der Waals surface area (Å²) in [6.07, 6.45) is 1.45. The molecule has 1 aromatic heterocycles. The number of hydrogen-bond donors (Lipinski definition) is 0. The average Bonchev–Trinajstić information content (AvgIpc) is 2.92. The van der Waals surface area contributed by atoms with Gasteiger partial charge in [0.05, 0.1) is 22.8 Å². The molecule has 0 aliphatic carbocycles. The number of aryl methyl sites for hydroxylation is 1. The molecule has 0 atom stereocenters. The summed E-state index contributed by atoms with van der Waals surface area (Å²) in [5.74, 6) is -1.88. The van der Waals surface area contributed by atoms with E-state index in [1.54, 1.807) is 11.6 Å². The molecule has 0 fully saturated rings. The molecule has 2 heterocycles. The van der Waals surface area contributed by atoms with Crippen LogP contribution in [0.25, 0.3) is 0 Å². The lowest BCUT2D eigenvalue weighted by Crippen LogP contribution is -2.30. The van der Waals surface area contributed by atoms with E-state index >= 15 is 0 Å². The highest BCUT2D eigenvalue weighted by atomic mass is 35.5. The molecule has 102 valence electrons. The number of carbonyl (C=O) groups excluding carboxylic acids is 2. The fourth-order valence-corrected chi connectivity index (χ4v) is 2.33. The second-order valence-corrected chi connectivity index (χ2v) is 4.74. The number of anilines is 1. The van der Waals surface area contributed by atoms with Crippen molar-refractivity contribution in [2.75, 3.05) is 4.90 Å². The van der Waals surface area contributed by atoms with Crippen LogP contribution in [0.15, 0.2) is 18.5 Å². The number of hydrogen-bond acceptors (Lipinski definition) is 4. The molecule has 1 amide bonds. The highest BCUT2D eigenvalue weighted by Gasteiger charge is 2.40. The van der Waals surface area contributed by atoms with E-state index in [1.807, 2.05) is 0 Å². The molecule has 20 heavy (non-hydrogen) atoms. The summed E-state index contributed by atoms with van der Waals surface area (Å²) in [7, 11) is 1.69. The third kappa shape index (κ3) is 1.70. The van der Waals surface area contributed by atoms with Crippen molar-refractivity contribution in [3.05, 3.63) is 40.7 Å². The lowest BCUT2D eigenvalue weighted by atomic mass is 10.1. The molecule has 2 aromatic rings. The topological polar surface area (TPSA) is 68.1 Å². The number of carbonyl (C=O) groups is 2. The number of rotatable bonds is 2. The molecular weight excluding hydrogens is 287 g/mol. The first-order valence-corrected chi connectivity index (χ1v) is 6.05. The Morgan fingerprint density at radius 2 is 2.10 bits per heavy atom. The second-order valence-electron chi connectivity index (χ2n) is 4.33. The number of aromatic nitrogens is 3. The maximum atomic E-state index is 13.9. The van der Waals surface area contributed by atoms with Crippen LogP contribution in [0.1, 0.15) is 16.2 Å². The van der Waals surface area contributed by atoms with Crippen molar-refractivity contribution in [3.63, 3.8) is 0 Å². The van der Waals surface area contributed by atoms with Crippen molar-refractivity contribution in [1.82, 2.24) is 14.8 Å². The van der Waals surface area contributed by atoms with E-state index in [9.17, 15) is 14.0 Å². The molecule has 0 bridgehead atoms. The van der Waals surface area contributed by atoms with Crippen molar-refractivity contribution < 1.29 is 14.0 Å². The Balaban J connectivity index is 2.11. The molecule has 1 aromatic carbocycles. The molecule has 1 aliphatic rings. The summed E-state index contributed by atoms with van der Waals surface area (Å²) in [6, 6.07) is 2.38. The van der Waals surface area contributed by atoms with E-state index in [2.05, 4.69) is 10.2 Å². The van der Waals surface area contributed by atoms with Crippen molar-refractivity contribution in [1.29, 1.82) is 0 Å². The maximum Gasteiger partial charge on any atom is 0.300 e. The van der Waals surface area contributed by atoms with Gasteiger partial charge >= 0.3 is 0 Å². The molecule has 1 aliphatic heterocycles. The zero-order chi connectivity index (χ0) is 14.4. The van der Waals surface area contributed by atoms with Gasteiger partial charge in [-0.3, -0.25) is 14.5 Å². The van der Waals surface area contributed by atoms with Gasteiger partial charge in [0.25, 0.3) is 11.7 Å². The van der Waals surface area contributed by atoms with Crippen LogP contribution in [0.5, 0.6) is 0 Å². The minimum absolute atomic E-state index is 0.0503. The van der Waals surface area contributed by atoms with Gasteiger partial charge in [-0.05, 0) is 12.1 Å². The summed E-state index contributed by atoms with van der Waals surface area (Å²) in [4.78, 5) is 24.9. The van der Waals surface area contributed by atoms with E-state index in [-0.39, 0.29) is 22.8 Å². The van der Waals surface area contributed by atoms with Gasteiger partial charge in [-0.2, -0.15) is 0 Å². The van der Waals surface area contributed by atoms with Gasteiger partial charge in [0, 0.05) is 7.05 Å². The lowest BCUT2D eigenvalue weighted by Gasteiger charge is -2.16.